The molecule has 104 valence electrons. The third-order valence-electron chi connectivity index (χ3n) is 3.33. The SMILES string of the molecule is CC1CC(C(=O)NCCS(C)=O)c2ccccc2N1. The van der Waals surface area contributed by atoms with Gasteiger partial charge in [0.05, 0.1) is 5.92 Å². The number of para-hydroxylation sites is 1. The molecule has 1 aliphatic rings. The van der Waals surface area contributed by atoms with Crippen molar-refractivity contribution in [2.45, 2.75) is 25.3 Å². The number of hydrogen-bond acceptors (Lipinski definition) is 3. The Labute approximate surface area is 116 Å². The second kappa shape index (κ2) is 6.19. The highest BCUT2D eigenvalue weighted by Crippen LogP contribution is 2.33. The van der Waals surface area contributed by atoms with Gasteiger partial charge in [-0.05, 0) is 25.0 Å². The molecule has 3 unspecified atom stereocenters. The van der Waals surface area contributed by atoms with E-state index in [2.05, 4.69) is 17.6 Å². The van der Waals surface area contributed by atoms with Gasteiger partial charge in [0.2, 0.25) is 5.91 Å². The Balaban J connectivity index is 2.07. The maximum absolute atomic E-state index is 12.3. The van der Waals surface area contributed by atoms with Crippen molar-refractivity contribution in [3.8, 4) is 0 Å². The molecule has 5 heteroatoms. The second-order valence-corrected chi connectivity index (χ2v) is 6.54. The van der Waals surface area contributed by atoms with E-state index in [1.807, 2.05) is 24.3 Å². The number of amides is 1. The van der Waals surface area contributed by atoms with Crippen LogP contribution in [0.2, 0.25) is 0 Å². The van der Waals surface area contributed by atoms with E-state index < -0.39 is 10.8 Å². The Kier molecular flexibility index (Phi) is 4.58. The zero-order valence-corrected chi connectivity index (χ0v) is 12.1. The lowest BCUT2D eigenvalue weighted by Gasteiger charge is -2.30. The quantitative estimate of drug-likeness (QED) is 0.878. The molecule has 0 saturated carbocycles. The minimum atomic E-state index is -0.866. The van der Waals surface area contributed by atoms with Crippen molar-refractivity contribution >= 4 is 22.4 Å². The maximum atomic E-state index is 12.3. The van der Waals surface area contributed by atoms with Crippen LogP contribution in [-0.4, -0.2) is 34.7 Å². The zero-order valence-electron chi connectivity index (χ0n) is 11.3. The molecule has 0 spiro atoms. The number of carbonyl (C=O) groups is 1. The Hall–Kier alpha value is -1.36. The minimum absolute atomic E-state index is 0.0336. The lowest BCUT2D eigenvalue weighted by molar-refractivity contribution is -0.122. The summed E-state index contributed by atoms with van der Waals surface area (Å²) in [6, 6.07) is 8.21. The molecule has 0 saturated heterocycles. The fourth-order valence-electron chi connectivity index (χ4n) is 2.43. The minimum Gasteiger partial charge on any atom is -0.382 e. The van der Waals surface area contributed by atoms with Crippen LogP contribution < -0.4 is 10.6 Å². The molecule has 1 amide bonds. The van der Waals surface area contributed by atoms with E-state index in [1.54, 1.807) is 6.26 Å². The topological polar surface area (TPSA) is 58.2 Å². The van der Waals surface area contributed by atoms with Crippen LogP contribution in [0.4, 0.5) is 5.69 Å². The summed E-state index contributed by atoms with van der Waals surface area (Å²) in [5, 5.41) is 6.28. The Morgan fingerprint density at radius 2 is 2.21 bits per heavy atom. The maximum Gasteiger partial charge on any atom is 0.227 e. The first kappa shape index (κ1) is 14.1. The molecule has 0 fully saturated rings. The van der Waals surface area contributed by atoms with Crippen molar-refractivity contribution in [2.24, 2.45) is 0 Å². The van der Waals surface area contributed by atoms with Gasteiger partial charge < -0.3 is 10.6 Å². The van der Waals surface area contributed by atoms with E-state index in [9.17, 15) is 9.00 Å². The Bertz CT molecular complexity index is 490. The van der Waals surface area contributed by atoms with E-state index >= 15 is 0 Å². The predicted molar refractivity (Wildman–Crippen MR) is 78.8 cm³/mol. The molecule has 0 aromatic heterocycles. The van der Waals surface area contributed by atoms with Gasteiger partial charge in [-0.3, -0.25) is 9.00 Å². The van der Waals surface area contributed by atoms with Gasteiger partial charge in [0.1, 0.15) is 0 Å². The Morgan fingerprint density at radius 3 is 2.95 bits per heavy atom. The van der Waals surface area contributed by atoms with Crippen molar-refractivity contribution in [1.82, 2.24) is 5.32 Å². The lowest BCUT2D eigenvalue weighted by atomic mass is 9.87. The summed E-state index contributed by atoms with van der Waals surface area (Å²) in [6.45, 7) is 2.56. The molecule has 0 bridgehead atoms. The molecule has 19 heavy (non-hydrogen) atoms. The zero-order chi connectivity index (χ0) is 13.8. The van der Waals surface area contributed by atoms with Gasteiger partial charge in [0.25, 0.3) is 0 Å². The highest BCUT2D eigenvalue weighted by Gasteiger charge is 2.29. The fourth-order valence-corrected chi connectivity index (χ4v) is 2.82. The largest absolute Gasteiger partial charge is 0.382 e. The van der Waals surface area contributed by atoms with Gasteiger partial charge in [-0.1, -0.05) is 18.2 Å². The summed E-state index contributed by atoms with van der Waals surface area (Å²) in [7, 11) is -0.866. The van der Waals surface area contributed by atoms with E-state index in [1.165, 1.54) is 0 Å². The predicted octanol–water partition coefficient (Wildman–Crippen LogP) is 1.47. The third kappa shape index (κ3) is 3.56. The highest BCUT2D eigenvalue weighted by molar-refractivity contribution is 7.84. The molecule has 4 nitrogen and oxygen atoms in total. The lowest BCUT2D eigenvalue weighted by Crippen LogP contribution is -2.37. The molecule has 1 heterocycles. The van der Waals surface area contributed by atoms with E-state index in [0.717, 1.165) is 17.7 Å². The van der Waals surface area contributed by atoms with Crippen LogP contribution in [0.5, 0.6) is 0 Å². The van der Waals surface area contributed by atoms with Crippen LogP contribution >= 0.6 is 0 Å². The van der Waals surface area contributed by atoms with Crippen LogP contribution in [0, 0.1) is 0 Å². The molecule has 2 N–H and O–H groups in total. The molecular weight excluding hydrogens is 260 g/mol. The number of hydrogen-bond donors (Lipinski definition) is 2. The van der Waals surface area contributed by atoms with Crippen LogP contribution in [0.15, 0.2) is 24.3 Å². The average Bonchev–Trinajstić information content (AvgIpc) is 2.37. The number of carbonyl (C=O) groups excluding carboxylic acids is 1. The van der Waals surface area contributed by atoms with Crippen LogP contribution in [0.25, 0.3) is 0 Å². The third-order valence-corrected chi connectivity index (χ3v) is 4.11. The molecule has 2 rings (SSSR count). The summed E-state index contributed by atoms with van der Waals surface area (Å²) < 4.78 is 11.0. The summed E-state index contributed by atoms with van der Waals surface area (Å²) in [4.78, 5) is 12.3. The van der Waals surface area contributed by atoms with E-state index in [4.69, 9.17) is 0 Å². The number of fused-ring (bicyclic) bond motifs is 1. The average molecular weight is 280 g/mol. The second-order valence-electron chi connectivity index (χ2n) is 4.99. The van der Waals surface area contributed by atoms with Gasteiger partial charge in [-0.15, -0.1) is 0 Å². The van der Waals surface area contributed by atoms with Crippen molar-refractivity contribution in [2.75, 3.05) is 23.9 Å². The highest BCUT2D eigenvalue weighted by atomic mass is 32.2. The molecule has 0 aliphatic carbocycles. The van der Waals surface area contributed by atoms with Crippen LogP contribution in [0.1, 0.15) is 24.8 Å². The van der Waals surface area contributed by atoms with Crippen molar-refractivity contribution in [3.05, 3.63) is 29.8 Å². The summed E-state index contributed by atoms with van der Waals surface area (Å²) in [5.41, 5.74) is 2.09. The van der Waals surface area contributed by atoms with Crippen molar-refractivity contribution < 1.29 is 9.00 Å². The van der Waals surface area contributed by atoms with Gasteiger partial charge in [-0.2, -0.15) is 0 Å². The summed E-state index contributed by atoms with van der Waals surface area (Å²) in [5.74, 6) is 0.428. The number of nitrogens with one attached hydrogen (secondary N) is 2. The molecule has 0 radical (unpaired) electrons. The van der Waals surface area contributed by atoms with Crippen molar-refractivity contribution in [1.29, 1.82) is 0 Å². The smallest absolute Gasteiger partial charge is 0.227 e. The molecule has 1 aromatic rings. The summed E-state index contributed by atoms with van der Waals surface area (Å²) in [6.07, 6.45) is 2.44. The first-order valence-electron chi connectivity index (χ1n) is 6.51. The summed E-state index contributed by atoms with van der Waals surface area (Å²) >= 11 is 0. The van der Waals surface area contributed by atoms with Crippen molar-refractivity contribution in [3.63, 3.8) is 0 Å². The van der Waals surface area contributed by atoms with Crippen LogP contribution in [0.3, 0.4) is 0 Å². The van der Waals surface area contributed by atoms with E-state index in [-0.39, 0.29) is 17.9 Å². The van der Waals surface area contributed by atoms with Crippen LogP contribution in [-0.2, 0) is 15.6 Å². The van der Waals surface area contributed by atoms with Gasteiger partial charge in [0.15, 0.2) is 0 Å². The fraction of sp³-hybridized carbons (Fsp3) is 0.500. The number of benzene rings is 1. The molecule has 1 aliphatic heterocycles. The van der Waals surface area contributed by atoms with Gasteiger partial charge in [0, 0.05) is 41.1 Å². The van der Waals surface area contributed by atoms with E-state index in [0.29, 0.717) is 12.3 Å². The first-order valence-corrected chi connectivity index (χ1v) is 8.24. The monoisotopic (exact) mass is 280 g/mol. The molecular formula is C14H20N2O2S. The Morgan fingerprint density at radius 1 is 1.47 bits per heavy atom. The standard InChI is InChI=1S/C14H20N2O2S/c1-10-9-12(14(17)15-7-8-19(2)18)11-5-3-4-6-13(11)16-10/h3-6,10,12,16H,7-9H2,1-2H3,(H,15,17). The van der Waals surface area contributed by atoms with Gasteiger partial charge >= 0.3 is 0 Å². The number of anilines is 1. The normalized spacial score (nSPS) is 23.1. The number of rotatable bonds is 4. The molecule has 1 aromatic carbocycles. The molecule has 3 atom stereocenters. The first-order chi connectivity index (χ1) is 9.08. The van der Waals surface area contributed by atoms with Gasteiger partial charge in [-0.25, -0.2) is 0 Å².